The molecule has 0 N–H and O–H groups in total. The molecule has 0 unspecified atom stereocenters. The predicted molar refractivity (Wildman–Crippen MR) is 158 cm³/mol. The summed E-state index contributed by atoms with van der Waals surface area (Å²) < 4.78 is 0. The molecular formula is C31H56N6. The van der Waals surface area contributed by atoms with Crippen LogP contribution in [0.1, 0.15) is 111 Å². The monoisotopic (exact) mass is 512 g/mol. The van der Waals surface area contributed by atoms with Crippen LogP contribution in [0.2, 0.25) is 0 Å². The maximum absolute atomic E-state index is 2.66. The molecule has 0 aromatic carbocycles. The molecule has 3 aliphatic heterocycles. The fourth-order valence-electron chi connectivity index (χ4n) is 6.02. The zero-order valence-electron chi connectivity index (χ0n) is 26.9. The Balaban J connectivity index is 2.47. The van der Waals surface area contributed by atoms with Gasteiger partial charge in [0.15, 0.2) is 11.6 Å². The number of hydrogen-bond acceptors (Lipinski definition) is 6. The predicted octanol–water partition coefficient (Wildman–Crippen LogP) is 7.09. The minimum Gasteiger partial charge on any atom is -0.344 e. The largest absolute Gasteiger partial charge is 0.344 e. The lowest BCUT2D eigenvalue weighted by molar-refractivity contribution is 0.137. The average molecular weight is 513 g/mol. The van der Waals surface area contributed by atoms with E-state index in [1.54, 1.807) is 0 Å². The maximum atomic E-state index is 2.66. The van der Waals surface area contributed by atoms with Gasteiger partial charge in [0.1, 0.15) is 5.82 Å². The second kappa shape index (κ2) is 9.81. The number of rotatable bonds is 4. The van der Waals surface area contributed by atoms with E-state index in [1.165, 1.54) is 34.6 Å². The van der Waals surface area contributed by atoms with Crippen LogP contribution in [0, 0.1) is 0 Å². The Hall–Kier alpha value is -2.24. The van der Waals surface area contributed by atoms with Gasteiger partial charge >= 0.3 is 0 Å². The molecule has 0 aromatic heterocycles. The highest BCUT2D eigenvalue weighted by Gasteiger charge is 2.49. The molecule has 0 aromatic rings. The Morgan fingerprint density at radius 3 is 1.27 bits per heavy atom. The Morgan fingerprint density at radius 1 is 0.568 bits per heavy atom. The maximum Gasteiger partial charge on any atom is 0.155 e. The zero-order chi connectivity index (χ0) is 28.4. The Labute approximate surface area is 228 Å². The standard InChI is InChI=1S/C31H56N6/c1-20(2)32-17-18-33(21(3)4)28(32)29-34(30(11,12)13)19-26(37(29)31(14,15)16)27-35(22(5)6)24(9)25(10)36(27)23(7)8/h17-18,20-23H,19H2,1-16H3. The molecule has 0 atom stereocenters. The number of allylic oxidation sites excluding steroid dienone is 2. The van der Waals surface area contributed by atoms with Crippen LogP contribution < -0.4 is 0 Å². The van der Waals surface area contributed by atoms with Crippen molar-refractivity contribution >= 4 is 0 Å². The smallest absolute Gasteiger partial charge is 0.155 e. The molecule has 0 saturated carbocycles. The van der Waals surface area contributed by atoms with E-state index in [1.807, 2.05) is 0 Å². The minimum absolute atomic E-state index is 0.0521. The lowest BCUT2D eigenvalue weighted by Gasteiger charge is -2.44. The lowest BCUT2D eigenvalue weighted by Crippen LogP contribution is -2.47. The van der Waals surface area contributed by atoms with Gasteiger partial charge in [0, 0.05) is 59.0 Å². The number of hydrogen-bond donors (Lipinski definition) is 0. The second-order valence-corrected chi connectivity index (χ2v) is 14.1. The normalized spacial score (nSPS) is 20.0. The van der Waals surface area contributed by atoms with Crippen LogP contribution in [-0.4, -0.2) is 71.2 Å². The fourth-order valence-corrected chi connectivity index (χ4v) is 6.02. The Bertz CT molecular complexity index is 950. The molecule has 3 aliphatic rings. The Kier molecular flexibility index (Phi) is 7.78. The van der Waals surface area contributed by atoms with Crippen molar-refractivity contribution in [3.8, 4) is 0 Å². The summed E-state index contributed by atoms with van der Waals surface area (Å²) in [5.74, 6) is 3.94. The molecule has 1 fully saturated rings. The van der Waals surface area contributed by atoms with Gasteiger partial charge in [0.05, 0.1) is 12.2 Å². The SMILES string of the molecule is CC1=C(C)N(C(C)C)C(=C2CN(C(C)(C)C)C(=C3N(C(C)C)C=CN3C(C)C)N2C(C)(C)C)N1C(C)C. The van der Waals surface area contributed by atoms with Gasteiger partial charge in [-0.15, -0.1) is 0 Å². The summed E-state index contributed by atoms with van der Waals surface area (Å²) in [7, 11) is 0. The van der Waals surface area contributed by atoms with Crippen molar-refractivity contribution in [2.24, 2.45) is 0 Å². The van der Waals surface area contributed by atoms with Gasteiger partial charge in [0.25, 0.3) is 0 Å². The van der Waals surface area contributed by atoms with E-state index in [4.69, 9.17) is 0 Å². The minimum atomic E-state index is -0.117. The van der Waals surface area contributed by atoms with Gasteiger partial charge in [-0.05, 0) is 111 Å². The topological polar surface area (TPSA) is 19.4 Å². The molecule has 0 spiro atoms. The molecule has 37 heavy (non-hydrogen) atoms. The summed E-state index contributed by atoms with van der Waals surface area (Å²) in [5, 5.41) is 0. The van der Waals surface area contributed by atoms with Crippen LogP contribution in [0.3, 0.4) is 0 Å². The van der Waals surface area contributed by atoms with E-state index in [-0.39, 0.29) is 11.1 Å². The summed E-state index contributed by atoms with van der Waals surface area (Å²) in [6.07, 6.45) is 4.54. The van der Waals surface area contributed by atoms with Crippen molar-refractivity contribution in [2.45, 2.75) is 146 Å². The van der Waals surface area contributed by atoms with E-state index in [0.717, 1.165) is 6.54 Å². The molecule has 1 saturated heterocycles. The average Bonchev–Trinajstić information content (AvgIpc) is 3.39. The van der Waals surface area contributed by atoms with Crippen LogP contribution in [0.25, 0.3) is 0 Å². The van der Waals surface area contributed by atoms with E-state index in [2.05, 4.69) is 153 Å². The number of nitrogens with zero attached hydrogens (tertiary/aromatic N) is 6. The molecule has 210 valence electrons. The van der Waals surface area contributed by atoms with Crippen molar-refractivity contribution in [2.75, 3.05) is 6.54 Å². The summed E-state index contributed by atoms with van der Waals surface area (Å²) >= 11 is 0. The van der Waals surface area contributed by atoms with Crippen LogP contribution in [0.5, 0.6) is 0 Å². The molecule has 6 heteroatoms. The van der Waals surface area contributed by atoms with Crippen molar-refractivity contribution < 1.29 is 0 Å². The highest BCUT2D eigenvalue weighted by Crippen LogP contribution is 2.47. The first-order valence-electron chi connectivity index (χ1n) is 14.4. The molecule has 0 aliphatic carbocycles. The summed E-state index contributed by atoms with van der Waals surface area (Å²) in [4.78, 5) is 15.4. The summed E-state index contributed by atoms with van der Waals surface area (Å²) in [6.45, 7) is 38.1. The van der Waals surface area contributed by atoms with Crippen molar-refractivity contribution in [1.29, 1.82) is 0 Å². The van der Waals surface area contributed by atoms with Crippen molar-refractivity contribution in [3.63, 3.8) is 0 Å². The van der Waals surface area contributed by atoms with Gasteiger partial charge in [-0.1, -0.05) is 0 Å². The molecule has 0 bridgehead atoms. The molecule has 0 radical (unpaired) electrons. The summed E-state index contributed by atoms with van der Waals surface area (Å²) in [6, 6.07) is 1.46. The van der Waals surface area contributed by atoms with E-state index in [9.17, 15) is 0 Å². The quantitative estimate of drug-likeness (QED) is 0.398. The third-order valence-corrected chi connectivity index (χ3v) is 7.71. The first-order chi connectivity index (χ1) is 16.8. The molecule has 3 rings (SSSR count). The van der Waals surface area contributed by atoms with Gasteiger partial charge < -0.3 is 29.4 Å². The van der Waals surface area contributed by atoms with Gasteiger partial charge in [-0.2, -0.15) is 0 Å². The van der Waals surface area contributed by atoms with Crippen LogP contribution in [-0.2, 0) is 0 Å². The van der Waals surface area contributed by atoms with Gasteiger partial charge in [0.2, 0.25) is 0 Å². The molecular weight excluding hydrogens is 456 g/mol. The first-order valence-corrected chi connectivity index (χ1v) is 14.4. The summed E-state index contributed by atoms with van der Waals surface area (Å²) in [5.41, 5.74) is 3.94. The van der Waals surface area contributed by atoms with Crippen molar-refractivity contribution in [1.82, 2.24) is 29.4 Å². The van der Waals surface area contributed by atoms with Gasteiger partial charge in [-0.25, -0.2) is 0 Å². The second-order valence-electron chi connectivity index (χ2n) is 14.1. The Morgan fingerprint density at radius 2 is 0.973 bits per heavy atom. The van der Waals surface area contributed by atoms with Crippen LogP contribution >= 0.6 is 0 Å². The van der Waals surface area contributed by atoms with E-state index >= 15 is 0 Å². The highest BCUT2D eigenvalue weighted by molar-refractivity contribution is 5.40. The van der Waals surface area contributed by atoms with Gasteiger partial charge in [-0.3, -0.25) is 0 Å². The fraction of sp³-hybridized carbons (Fsp3) is 0.742. The third kappa shape index (κ3) is 4.97. The zero-order valence-corrected chi connectivity index (χ0v) is 26.9. The highest BCUT2D eigenvalue weighted by atomic mass is 15.5. The van der Waals surface area contributed by atoms with Crippen LogP contribution in [0.15, 0.2) is 47.0 Å². The lowest BCUT2D eigenvalue weighted by atomic mass is 10.0. The van der Waals surface area contributed by atoms with E-state index in [0.29, 0.717) is 24.2 Å². The molecule has 3 heterocycles. The van der Waals surface area contributed by atoms with Crippen molar-refractivity contribution in [3.05, 3.63) is 47.0 Å². The third-order valence-electron chi connectivity index (χ3n) is 7.71. The van der Waals surface area contributed by atoms with E-state index < -0.39 is 0 Å². The first kappa shape index (κ1) is 29.3. The van der Waals surface area contributed by atoms with Crippen LogP contribution in [0.4, 0.5) is 0 Å². The molecule has 0 amide bonds. The molecule has 6 nitrogen and oxygen atoms in total.